The molecule has 38 heavy (non-hydrogen) atoms. The summed E-state index contributed by atoms with van der Waals surface area (Å²) in [4.78, 5) is 36.7. The van der Waals surface area contributed by atoms with Gasteiger partial charge in [-0.05, 0) is 42.7 Å². The maximum absolute atomic E-state index is 13.1. The number of nitrogens with one attached hydrogen (secondary N) is 1. The standard InChI is InChI=1S/C28H34F3NO6/c1-17(7-5-6-14-32-27(36)37-4)23-16-22(33)24(26(35)38-23)25(34)19(3)18(2)15-21-10-8-20(9-11-21)12-13-28(29,30)31/h6,8-11,14,16-19,33H,5,7,12-13,15H2,1-4H3,(H,32,36)/b14-6+/t17?,18-,19?/m0/s1. The SMILES string of the molecule is COC(=O)N/C=C/CCC(C)c1cc(O)c(C(=O)C(C)[C@@H](C)Cc2ccc(CCC(F)(F)F)cc2)c(=O)o1. The van der Waals surface area contributed by atoms with Gasteiger partial charge >= 0.3 is 17.9 Å². The molecule has 0 bridgehead atoms. The largest absolute Gasteiger partial charge is 0.507 e. The van der Waals surface area contributed by atoms with Crippen molar-refractivity contribution >= 4 is 11.9 Å². The highest BCUT2D eigenvalue weighted by molar-refractivity contribution is 5.99. The molecule has 0 spiro atoms. The molecule has 3 atom stereocenters. The lowest BCUT2D eigenvalue weighted by molar-refractivity contribution is -0.134. The highest BCUT2D eigenvalue weighted by Gasteiger charge is 2.29. The van der Waals surface area contributed by atoms with Gasteiger partial charge in [-0.3, -0.25) is 10.1 Å². The molecule has 2 rings (SSSR count). The van der Waals surface area contributed by atoms with Gasteiger partial charge in [0.2, 0.25) is 0 Å². The first-order valence-corrected chi connectivity index (χ1v) is 12.4. The fourth-order valence-electron chi connectivity index (χ4n) is 3.89. The van der Waals surface area contributed by atoms with Crippen LogP contribution >= 0.6 is 0 Å². The van der Waals surface area contributed by atoms with Gasteiger partial charge in [-0.1, -0.05) is 51.1 Å². The van der Waals surface area contributed by atoms with Crippen LogP contribution in [0.2, 0.25) is 0 Å². The van der Waals surface area contributed by atoms with Crippen LogP contribution in [0.5, 0.6) is 5.75 Å². The van der Waals surface area contributed by atoms with Crippen molar-refractivity contribution in [2.45, 2.75) is 65.0 Å². The van der Waals surface area contributed by atoms with Crippen molar-refractivity contribution in [1.82, 2.24) is 5.32 Å². The van der Waals surface area contributed by atoms with Crippen LogP contribution in [0, 0.1) is 11.8 Å². The third-order valence-corrected chi connectivity index (χ3v) is 6.50. The second-order valence-electron chi connectivity index (χ2n) is 9.48. The predicted molar refractivity (Wildman–Crippen MR) is 136 cm³/mol. The summed E-state index contributed by atoms with van der Waals surface area (Å²) in [5.74, 6) is -1.82. The lowest BCUT2D eigenvalue weighted by Crippen LogP contribution is -2.26. The van der Waals surface area contributed by atoms with Crippen LogP contribution in [0.3, 0.4) is 0 Å². The average Bonchev–Trinajstić information content (AvgIpc) is 2.86. The molecule has 0 saturated carbocycles. The van der Waals surface area contributed by atoms with Gasteiger partial charge in [0.1, 0.15) is 17.1 Å². The van der Waals surface area contributed by atoms with Crippen molar-refractivity contribution in [2.75, 3.05) is 7.11 Å². The zero-order chi connectivity index (χ0) is 28.5. The number of carbonyl (C=O) groups excluding carboxylic acids is 2. The number of ether oxygens (including phenoxy) is 1. The molecule has 2 aromatic rings. The number of methoxy groups -OCH3 is 1. The van der Waals surface area contributed by atoms with Gasteiger partial charge in [0.05, 0.1) is 7.11 Å². The number of halogens is 3. The molecule has 208 valence electrons. The summed E-state index contributed by atoms with van der Waals surface area (Å²) in [6.45, 7) is 5.30. The molecule has 7 nitrogen and oxygen atoms in total. The number of ketones is 1. The Kier molecular flexibility index (Phi) is 11.2. The van der Waals surface area contributed by atoms with Crippen molar-refractivity contribution in [1.29, 1.82) is 0 Å². The van der Waals surface area contributed by atoms with E-state index in [0.717, 1.165) is 5.56 Å². The number of alkyl carbamates (subject to hydrolysis) is 1. The van der Waals surface area contributed by atoms with Gasteiger partial charge in [-0.2, -0.15) is 13.2 Å². The number of aryl methyl sites for hydroxylation is 1. The summed E-state index contributed by atoms with van der Waals surface area (Å²) in [5.41, 5.74) is 0.121. The van der Waals surface area contributed by atoms with E-state index in [4.69, 9.17) is 4.42 Å². The summed E-state index contributed by atoms with van der Waals surface area (Å²) in [6, 6.07) is 8.05. The highest BCUT2D eigenvalue weighted by atomic mass is 19.4. The molecule has 0 aliphatic heterocycles. The van der Waals surface area contributed by atoms with E-state index in [0.29, 0.717) is 24.8 Å². The smallest absolute Gasteiger partial charge is 0.410 e. The van der Waals surface area contributed by atoms with Crippen molar-refractivity contribution in [3.05, 3.63) is 75.5 Å². The van der Waals surface area contributed by atoms with E-state index in [1.54, 1.807) is 44.2 Å². The number of allylic oxidation sites excluding steroid dienone is 1. The third kappa shape index (κ3) is 9.39. The summed E-state index contributed by atoms with van der Waals surface area (Å²) in [5, 5.41) is 12.9. The van der Waals surface area contributed by atoms with Gasteiger partial charge in [0.15, 0.2) is 5.78 Å². The molecule has 1 aromatic carbocycles. The molecule has 10 heteroatoms. The van der Waals surface area contributed by atoms with Gasteiger partial charge < -0.3 is 14.3 Å². The van der Waals surface area contributed by atoms with Crippen molar-refractivity contribution in [3.8, 4) is 5.75 Å². The number of alkyl halides is 3. The number of hydrogen-bond acceptors (Lipinski definition) is 6. The summed E-state index contributed by atoms with van der Waals surface area (Å²) in [6.07, 6.45) is -1.06. The number of carbonyl (C=O) groups is 2. The second-order valence-corrected chi connectivity index (χ2v) is 9.48. The van der Waals surface area contributed by atoms with E-state index in [-0.39, 0.29) is 24.0 Å². The van der Waals surface area contributed by atoms with Crippen molar-refractivity contribution in [2.24, 2.45) is 11.8 Å². The molecule has 1 aromatic heterocycles. The van der Waals surface area contributed by atoms with Gasteiger partial charge in [-0.25, -0.2) is 9.59 Å². The fourth-order valence-corrected chi connectivity index (χ4v) is 3.89. The Morgan fingerprint density at radius 3 is 2.34 bits per heavy atom. The topological polar surface area (TPSA) is 106 Å². The van der Waals surface area contributed by atoms with Crippen LogP contribution in [0.15, 0.2) is 51.8 Å². The first kappa shape index (κ1) is 30.7. The first-order valence-electron chi connectivity index (χ1n) is 12.4. The predicted octanol–water partition coefficient (Wildman–Crippen LogP) is 6.29. The van der Waals surface area contributed by atoms with Gasteiger partial charge in [-0.15, -0.1) is 0 Å². The van der Waals surface area contributed by atoms with E-state index >= 15 is 0 Å². The molecular formula is C28H34F3NO6. The van der Waals surface area contributed by atoms with Crippen LogP contribution < -0.4 is 10.9 Å². The number of hydrogen-bond donors (Lipinski definition) is 2. The maximum atomic E-state index is 13.1. The van der Waals surface area contributed by atoms with Gasteiger partial charge in [0, 0.05) is 30.5 Å². The normalized spacial score (nSPS) is 14.2. The maximum Gasteiger partial charge on any atom is 0.410 e. The van der Waals surface area contributed by atoms with E-state index in [9.17, 15) is 32.7 Å². The van der Waals surface area contributed by atoms with Crippen molar-refractivity contribution < 1.29 is 37.0 Å². The Morgan fingerprint density at radius 1 is 1.13 bits per heavy atom. The minimum Gasteiger partial charge on any atom is -0.507 e. The lowest BCUT2D eigenvalue weighted by Gasteiger charge is -2.19. The molecular weight excluding hydrogens is 503 g/mol. The molecule has 2 unspecified atom stereocenters. The Labute approximate surface area is 219 Å². The van der Waals surface area contributed by atoms with Crippen LogP contribution in [0.1, 0.15) is 73.2 Å². The number of Topliss-reactive ketones (excluding diaryl/α,β-unsaturated/α-hetero) is 1. The van der Waals surface area contributed by atoms with Crippen molar-refractivity contribution in [3.63, 3.8) is 0 Å². The van der Waals surface area contributed by atoms with E-state index < -0.39 is 47.3 Å². The molecule has 1 amide bonds. The first-order chi connectivity index (χ1) is 17.8. The lowest BCUT2D eigenvalue weighted by atomic mass is 9.84. The van der Waals surface area contributed by atoms with Crippen LogP contribution in [0.25, 0.3) is 0 Å². The fraction of sp³-hybridized carbons (Fsp3) is 0.464. The quantitative estimate of drug-likeness (QED) is 0.308. The zero-order valence-corrected chi connectivity index (χ0v) is 21.9. The zero-order valence-electron chi connectivity index (χ0n) is 21.9. The van der Waals surface area contributed by atoms with Crippen LogP contribution in [0.4, 0.5) is 18.0 Å². The van der Waals surface area contributed by atoms with E-state index in [1.807, 2.05) is 6.92 Å². The van der Waals surface area contributed by atoms with Crippen LogP contribution in [-0.4, -0.2) is 30.3 Å². The van der Waals surface area contributed by atoms with E-state index in [1.165, 1.54) is 19.4 Å². The number of aromatic hydroxyl groups is 1. The van der Waals surface area contributed by atoms with Crippen LogP contribution in [-0.2, 0) is 17.6 Å². The number of benzene rings is 1. The second kappa shape index (κ2) is 13.8. The minimum absolute atomic E-state index is 0.0960. The van der Waals surface area contributed by atoms with Gasteiger partial charge in [0.25, 0.3) is 0 Å². The Hall–Kier alpha value is -3.56. The molecule has 1 heterocycles. The molecule has 0 fully saturated rings. The summed E-state index contributed by atoms with van der Waals surface area (Å²) in [7, 11) is 1.25. The molecule has 0 saturated heterocycles. The highest BCUT2D eigenvalue weighted by Crippen LogP contribution is 2.28. The Balaban J connectivity index is 2.01. The third-order valence-electron chi connectivity index (χ3n) is 6.50. The Bertz CT molecular complexity index is 1170. The summed E-state index contributed by atoms with van der Waals surface area (Å²) < 4.78 is 47.1. The average molecular weight is 538 g/mol. The molecule has 0 radical (unpaired) electrons. The minimum atomic E-state index is -4.21. The summed E-state index contributed by atoms with van der Waals surface area (Å²) >= 11 is 0. The number of amides is 1. The molecule has 0 aliphatic carbocycles. The monoisotopic (exact) mass is 537 g/mol. The molecule has 2 N–H and O–H groups in total. The Morgan fingerprint density at radius 2 is 1.76 bits per heavy atom. The number of rotatable bonds is 12. The van der Waals surface area contributed by atoms with E-state index in [2.05, 4.69) is 10.1 Å². The molecule has 0 aliphatic rings.